The molecule has 0 spiro atoms. The minimum absolute atomic E-state index is 0.0926. The van der Waals surface area contributed by atoms with Crippen LogP contribution in [0.3, 0.4) is 0 Å². The second kappa shape index (κ2) is 5.67. The van der Waals surface area contributed by atoms with Crippen LogP contribution >= 0.6 is 15.9 Å². The van der Waals surface area contributed by atoms with E-state index in [-0.39, 0.29) is 18.6 Å². The molecule has 98 valence electrons. The van der Waals surface area contributed by atoms with Gasteiger partial charge in [0.25, 0.3) is 0 Å². The van der Waals surface area contributed by atoms with Crippen LogP contribution in [-0.4, -0.2) is 35.7 Å². The van der Waals surface area contributed by atoms with Crippen LogP contribution in [-0.2, 0) is 0 Å². The predicted molar refractivity (Wildman–Crippen MR) is 69.9 cm³/mol. The first-order chi connectivity index (χ1) is 8.58. The summed E-state index contributed by atoms with van der Waals surface area (Å²) in [5, 5.41) is 11.7. The highest BCUT2D eigenvalue weighted by molar-refractivity contribution is 9.10. The number of carbonyl (C=O) groups excluding carboxylic acids is 1. The summed E-state index contributed by atoms with van der Waals surface area (Å²) >= 11 is 3.17. The number of halogens is 2. The Balaban J connectivity index is 1.99. The van der Waals surface area contributed by atoms with Crippen LogP contribution in [0, 0.1) is 11.7 Å². The number of nitrogens with zero attached hydrogens (tertiary/aromatic N) is 1. The van der Waals surface area contributed by atoms with E-state index in [1.54, 1.807) is 11.0 Å². The molecule has 1 heterocycles. The topological polar surface area (TPSA) is 52.6 Å². The van der Waals surface area contributed by atoms with Crippen molar-refractivity contribution in [1.82, 2.24) is 4.90 Å². The Morgan fingerprint density at radius 3 is 2.94 bits per heavy atom. The molecule has 18 heavy (non-hydrogen) atoms. The number of benzene rings is 1. The summed E-state index contributed by atoms with van der Waals surface area (Å²) in [7, 11) is 0. The van der Waals surface area contributed by atoms with Crippen molar-refractivity contribution in [3.63, 3.8) is 0 Å². The van der Waals surface area contributed by atoms with Crippen LogP contribution in [0.25, 0.3) is 0 Å². The van der Waals surface area contributed by atoms with Crippen LogP contribution in [0.2, 0.25) is 0 Å². The quantitative estimate of drug-likeness (QED) is 0.880. The number of hydrogen-bond donors (Lipinski definition) is 2. The molecule has 1 saturated heterocycles. The van der Waals surface area contributed by atoms with Crippen LogP contribution in [0.5, 0.6) is 0 Å². The molecule has 1 fully saturated rings. The number of anilines is 1. The van der Waals surface area contributed by atoms with Crippen molar-refractivity contribution in [1.29, 1.82) is 0 Å². The summed E-state index contributed by atoms with van der Waals surface area (Å²) in [6.07, 6.45) is 0.802. The van der Waals surface area contributed by atoms with Gasteiger partial charge in [-0.1, -0.05) is 15.9 Å². The third kappa shape index (κ3) is 3.20. The minimum atomic E-state index is -0.408. The van der Waals surface area contributed by atoms with Gasteiger partial charge in [-0.25, -0.2) is 9.18 Å². The maximum Gasteiger partial charge on any atom is 0.321 e. The number of likely N-dealkylation sites (tertiary alicyclic amines) is 1. The van der Waals surface area contributed by atoms with Crippen molar-refractivity contribution >= 4 is 27.6 Å². The fourth-order valence-corrected chi connectivity index (χ4v) is 2.46. The lowest BCUT2D eigenvalue weighted by atomic mass is 10.1. The number of rotatable bonds is 2. The second-order valence-corrected chi connectivity index (χ2v) is 5.29. The first-order valence-electron chi connectivity index (χ1n) is 5.71. The molecular weight excluding hydrogens is 303 g/mol. The molecule has 1 unspecified atom stereocenters. The third-order valence-electron chi connectivity index (χ3n) is 2.95. The molecule has 1 aromatic rings. The van der Waals surface area contributed by atoms with Crippen molar-refractivity contribution in [2.24, 2.45) is 5.92 Å². The Morgan fingerprint density at radius 1 is 1.56 bits per heavy atom. The molecule has 0 aliphatic carbocycles. The third-order valence-corrected chi connectivity index (χ3v) is 3.40. The fraction of sp³-hybridized carbons (Fsp3) is 0.417. The van der Waals surface area contributed by atoms with Crippen LogP contribution in [0.15, 0.2) is 22.7 Å². The SMILES string of the molecule is O=C(Nc1cc(F)cc(Br)c1)N1CCC(CO)C1. The van der Waals surface area contributed by atoms with E-state index >= 15 is 0 Å². The molecule has 2 amide bonds. The van der Waals surface area contributed by atoms with Crippen molar-refractivity contribution in [2.75, 3.05) is 25.0 Å². The van der Waals surface area contributed by atoms with E-state index in [9.17, 15) is 9.18 Å². The van der Waals surface area contributed by atoms with Gasteiger partial charge in [-0.2, -0.15) is 0 Å². The first-order valence-corrected chi connectivity index (χ1v) is 6.50. The van der Waals surface area contributed by atoms with Gasteiger partial charge in [-0.3, -0.25) is 0 Å². The van der Waals surface area contributed by atoms with Gasteiger partial charge in [-0.15, -0.1) is 0 Å². The van der Waals surface area contributed by atoms with Gasteiger partial charge in [0.05, 0.1) is 0 Å². The van der Waals surface area contributed by atoms with E-state index in [0.29, 0.717) is 23.2 Å². The van der Waals surface area contributed by atoms with E-state index < -0.39 is 5.82 Å². The summed E-state index contributed by atoms with van der Waals surface area (Å²) in [6.45, 7) is 1.25. The summed E-state index contributed by atoms with van der Waals surface area (Å²) in [5.41, 5.74) is 0.416. The van der Waals surface area contributed by atoms with Gasteiger partial charge >= 0.3 is 6.03 Å². The van der Waals surface area contributed by atoms with Crippen molar-refractivity contribution in [3.05, 3.63) is 28.5 Å². The monoisotopic (exact) mass is 316 g/mol. The Bertz CT molecular complexity index is 435. The lowest BCUT2D eigenvalue weighted by Gasteiger charge is -2.17. The summed E-state index contributed by atoms with van der Waals surface area (Å²) in [5.74, 6) is -0.260. The molecular formula is C12H14BrFN2O2. The zero-order valence-corrected chi connectivity index (χ0v) is 11.3. The highest BCUT2D eigenvalue weighted by atomic mass is 79.9. The molecule has 1 aliphatic rings. The number of urea groups is 1. The van der Waals surface area contributed by atoms with Gasteiger partial charge in [0.15, 0.2) is 0 Å². The lowest BCUT2D eigenvalue weighted by molar-refractivity contribution is 0.209. The standard InChI is InChI=1S/C12H14BrFN2O2/c13-9-3-10(14)5-11(4-9)15-12(18)16-2-1-8(6-16)7-17/h3-5,8,17H,1-2,6-7H2,(H,15,18). The van der Waals surface area contributed by atoms with Gasteiger partial charge in [0.2, 0.25) is 0 Å². The van der Waals surface area contributed by atoms with E-state index in [4.69, 9.17) is 5.11 Å². The smallest absolute Gasteiger partial charge is 0.321 e. The van der Waals surface area contributed by atoms with Crippen molar-refractivity contribution in [3.8, 4) is 0 Å². The maximum atomic E-state index is 13.1. The minimum Gasteiger partial charge on any atom is -0.396 e. The highest BCUT2D eigenvalue weighted by Gasteiger charge is 2.25. The Hall–Kier alpha value is -1.14. The van der Waals surface area contributed by atoms with Gasteiger partial charge < -0.3 is 15.3 Å². The molecule has 1 aromatic carbocycles. The number of aliphatic hydroxyl groups is 1. The van der Waals surface area contributed by atoms with Crippen LogP contribution in [0.1, 0.15) is 6.42 Å². The highest BCUT2D eigenvalue weighted by Crippen LogP contribution is 2.21. The Morgan fingerprint density at radius 2 is 2.33 bits per heavy atom. The molecule has 0 radical (unpaired) electrons. The fourth-order valence-electron chi connectivity index (χ4n) is 1.99. The van der Waals surface area contributed by atoms with E-state index in [0.717, 1.165) is 6.42 Å². The largest absolute Gasteiger partial charge is 0.396 e. The molecule has 4 nitrogen and oxygen atoms in total. The van der Waals surface area contributed by atoms with Crippen LogP contribution < -0.4 is 5.32 Å². The molecule has 1 aliphatic heterocycles. The molecule has 0 saturated carbocycles. The molecule has 2 N–H and O–H groups in total. The number of hydrogen-bond acceptors (Lipinski definition) is 2. The number of amides is 2. The zero-order valence-electron chi connectivity index (χ0n) is 9.70. The average molecular weight is 317 g/mol. The summed E-state index contributed by atoms with van der Waals surface area (Å²) in [6, 6.07) is 3.97. The predicted octanol–water partition coefficient (Wildman–Crippen LogP) is 2.43. The summed E-state index contributed by atoms with van der Waals surface area (Å²) < 4.78 is 13.7. The lowest BCUT2D eigenvalue weighted by Crippen LogP contribution is -2.33. The molecule has 1 atom stereocenters. The van der Waals surface area contributed by atoms with Crippen molar-refractivity contribution in [2.45, 2.75) is 6.42 Å². The van der Waals surface area contributed by atoms with Gasteiger partial charge in [-0.05, 0) is 24.6 Å². The van der Waals surface area contributed by atoms with E-state index in [1.807, 2.05) is 0 Å². The molecule has 0 bridgehead atoms. The maximum absolute atomic E-state index is 13.1. The number of nitrogens with one attached hydrogen (secondary N) is 1. The van der Waals surface area contributed by atoms with Gasteiger partial charge in [0, 0.05) is 35.8 Å². The number of carbonyl (C=O) groups is 1. The van der Waals surface area contributed by atoms with Crippen LogP contribution in [0.4, 0.5) is 14.9 Å². The Kier molecular flexibility index (Phi) is 4.19. The molecule has 0 aromatic heterocycles. The van der Waals surface area contributed by atoms with E-state index in [1.165, 1.54) is 12.1 Å². The second-order valence-electron chi connectivity index (χ2n) is 4.37. The van der Waals surface area contributed by atoms with Gasteiger partial charge in [0.1, 0.15) is 5.82 Å². The normalized spacial score (nSPS) is 19.1. The number of aliphatic hydroxyl groups excluding tert-OH is 1. The summed E-state index contributed by atoms with van der Waals surface area (Å²) in [4.78, 5) is 13.5. The molecule has 2 rings (SSSR count). The van der Waals surface area contributed by atoms with E-state index in [2.05, 4.69) is 21.2 Å². The Labute approximate surface area is 113 Å². The zero-order chi connectivity index (χ0) is 13.1. The van der Waals surface area contributed by atoms with Crippen molar-refractivity contribution < 1.29 is 14.3 Å². The molecule has 6 heteroatoms. The average Bonchev–Trinajstić information content (AvgIpc) is 2.75. The first kappa shape index (κ1) is 13.3.